The molecule has 148 valence electrons. The van der Waals surface area contributed by atoms with Crippen LogP contribution >= 0.6 is 11.6 Å². The molecule has 0 aliphatic carbocycles. The first-order valence-electron chi connectivity index (χ1n) is 8.22. The summed E-state index contributed by atoms with van der Waals surface area (Å²) in [6, 6.07) is 9.21. The number of ether oxygens (including phenoxy) is 1. The van der Waals surface area contributed by atoms with Crippen LogP contribution in [0.3, 0.4) is 0 Å². The van der Waals surface area contributed by atoms with E-state index in [1.807, 2.05) is 0 Å². The zero-order valence-electron chi connectivity index (χ0n) is 14.5. The third kappa shape index (κ3) is 4.30. The first-order valence-corrected chi connectivity index (χ1v) is 10.0. The fourth-order valence-electron chi connectivity index (χ4n) is 2.65. The van der Waals surface area contributed by atoms with Crippen molar-refractivity contribution < 1.29 is 22.9 Å². The van der Waals surface area contributed by atoms with E-state index >= 15 is 0 Å². The number of morpholine rings is 1. The van der Waals surface area contributed by atoms with Gasteiger partial charge >= 0.3 is 0 Å². The Labute approximate surface area is 166 Å². The van der Waals surface area contributed by atoms with E-state index < -0.39 is 20.9 Å². The molecule has 11 heteroatoms. The van der Waals surface area contributed by atoms with Crippen LogP contribution in [0.4, 0.5) is 11.4 Å². The highest BCUT2D eigenvalue weighted by atomic mass is 35.5. The number of anilines is 1. The predicted octanol–water partition coefficient (Wildman–Crippen LogP) is 2.52. The van der Waals surface area contributed by atoms with Crippen molar-refractivity contribution in [2.75, 3.05) is 31.6 Å². The van der Waals surface area contributed by atoms with Gasteiger partial charge in [0.25, 0.3) is 11.6 Å². The van der Waals surface area contributed by atoms with Gasteiger partial charge in [-0.3, -0.25) is 14.9 Å². The number of benzene rings is 2. The Kier molecular flexibility index (Phi) is 5.94. The van der Waals surface area contributed by atoms with Gasteiger partial charge in [-0.25, -0.2) is 8.42 Å². The highest BCUT2D eigenvalue weighted by Crippen LogP contribution is 2.27. The Morgan fingerprint density at radius 2 is 1.89 bits per heavy atom. The Balaban J connectivity index is 1.85. The molecule has 1 N–H and O–H groups in total. The summed E-state index contributed by atoms with van der Waals surface area (Å²) in [5, 5.41) is 13.5. The van der Waals surface area contributed by atoms with Crippen LogP contribution in [-0.2, 0) is 14.8 Å². The molecule has 0 atom stereocenters. The van der Waals surface area contributed by atoms with Gasteiger partial charge in [-0.05, 0) is 24.3 Å². The molecule has 9 nitrogen and oxygen atoms in total. The normalized spacial score (nSPS) is 15.2. The number of amides is 1. The number of hydrogen-bond acceptors (Lipinski definition) is 6. The number of rotatable bonds is 5. The predicted molar refractivity (Wildman–Crippen MR) is 102 cm³/mol. The molecule has 1 amide bonds. The minimum Gasteiger partial charge on any atom is -0.379 e. The molecule has 1 fully saturated rings. The molecule has 0 saturated carbocycles. The van der Waals surface area contributed by atoms with Gasteiger partial charge in [-0.2, -0.15) is 4.31 Å². The summed E-state index contributed by atoms with van der Waals surface area (Å²) in [4.78, 5) is 22.8. The largest absolute Gasteiger partial charge is 0.379 e. The van der Waals surface area contributed by atoms with Crippen LogP contribution in [0.1, 0.15) is 10.4 Å². The zero-order chi connectivity index (χ0) is 20.3. The number of nitro groups is 1. The molecule has 2 aromatic rings. The fourth-order valence-corrected chi connectivity index (χ4v) is 4.27. The van der Waals surface area contributed by atoms with E-state index in [0.29, 0.717) is 13.2 Å². The summed E-state index contributed by atoms with van der Waals surface area (Å²) in [5.41, 5.74) is -0.0949. The van der Waals surface area contributed by atoms with Crippen molar-refractivity contribution in [2.24, 2.45) is 0 Å². The topological polar surface area (TPSA) is 119 Å². The maximum atomic E-state index is 12.7. The lowest BCUT2D eigenvalue weighted by Crippen LogP contribution is -2.40. The highest BCUT2D eigenvalue weighted by Gasteiger charge is 2.27. The van der Waals surface area contributed by atoms with E-state index in [1.54, 1.807) is 0 Å². The van der Waals surface area contributed by atoms with E-state index in [1.165, 1.54) is 40.7 Å². The molecule has 3 rings (SSSR count). The van der Waals surface area contributed by atoms with Gasteiger partial charge in [-0.1, -0.05) is 17.7 Å². The van der Waals surface area contributed by atoms with Crippen LogP contribution in [0.15, 0.2) is 47.4 Å². The molecule has 0 radical (unpaired) electrons. The first-order chi connectivity index (χ1) is 13.3. The van der Waals surface area contributed by atoms with Crippen LogP contribution in [-0.4, -0.2) is 49.9 Å². The van der Waals surface area contributed by atoms with Crippen molar-refractivity contribution in [1.82, 2.24) is 4.31 Å². The average molecular weight is 426 g/mol. The monoisotopic (exact) mass is 425 g/mol. The SMILES string of the molecule is O=C(Nc1cc([N+](=O)[O-])ccc1Cl)c1cccc(S(=O)(=O)N2CCOCC2)c1. The minimum absolute atomic E-state index is 0.0211. The Bertz CT molecular complexity index is 1020. The van der Waals surface area contributed by atoms with E-state index in [4.69, 9.17) is 16.3 Å². The van der Waals surface area contributed by atoms with E-state index in [2.05, 4.69) is 5.32 Å². The second-order valence-electron chi connectivity index (χ2n) is 5.92. The zero-order valence-corrected chi connectivity index (χ0v) is 16.1. The summed E-state index contributed by atoms with van der Waals surface area (Å²) >= 11 is 5.99. The number of carbonyl (C=O) groups is 1. The van der Waals surface area contributed by atoms with Crippen LogP contribution < -0.4 is 5.32 Å². The van der Waals surface area contributed by atoms with Crippen LogP contribution in [0.5, 0.6) is 0 Å². The molecule has 28 heavy (non-hydrogen) atoms. The smallest absolute Gasteiger partial charge is 0.271 e. The Morgan fingerprint density at radius 1 is 1.18 bits per heavy atom. The lowest BCUT2D eigenvalue weighted by atomic mass is 10.2. The molecular formula is C17H16ClN3O6S. The van der Waals surface area contributed by atoms with Gasteiger partial charge in [0.2, 0.25) is 10.0 Å². The van der Waals surface area contributed by atoms with Crippen LogP contribution in [0.2, 0.25) is 5.02 Å². The summed E-state index contributed by atoms with van der Waals surface area (Å²) in [5.74, 6) is -0.638. The lowest BCUT2D eigenvalue weighted by molar-refractivity contribution is -0.384. The minimum atomic E-state index is -3.76. The third-order valence-corrected chi connectivity index (χ3v) is 6.34. The van der Waals surface area contributed by atoms with E-state index in [0.717, 1.165) is 6.07 Å². The Hall–Kier alpha value is -2.53. The van der Waals surface area contributed by atoms with Crippen molar-refractivity contribution in [2.45, 2.75) is 4.90 Å². The molecule has 1 aliphatic rings. The number of carbonyl (C=O) groups excluding carboxylic acids is 1. The molecule has 1 aliphatic heterocycles. The maximum absolute atomic E-state index is 12.7. The summed E-state index contributed by atoms with van der Waals surface area (Å²) in [6.45, 7) is 1.10. The first kappa shape index (κ1) is 20.2. The second kappa shape index (κ2) is 8.23. The van der Waals surface area contributed by atoms with Crippen molar-refractivity contribution in [3.05, 3.63) is 63.2 Å². The van der Waals surface area contributed by atoms with Crippen molar-refractivity contribution in [3.63, 3.8) is 0 Å². The third-order valence-electron chi connectivity index (χ3n) is 4.11. The number of hydrogen-bond donors (Lipinski definition) is 1. The van der Waals surface area contributed by atoms with Gasteiger partial charge in [0.05, 0.1) is 33.7 Å². The average Bonchev–Trinajstić information content (AvgIpc) is 2.70. The van der Waals surface area contributed by atoms with Crippen LogP contribution in [0, 0.1) is 10.1 Å². The molecule has 0 unspecified atom stereocenters. The number of sulfonamides is 1. The summed E-state index contributed by atoms with van der Waals surface area (Å²) in [6.07, 6.45) is 0. The van der Waals surface area contributed by atoms with Gasteiger partial charge in [0.15, 0.2) is 0 Å². The number of nitrogens with one attached hydrogen (secondary N) is 1. The molecule has 1 heterocycles. The van der Waals surface area contributed by atoms with E-state index in [-0.39, 0.29) is 39.9 Å². The number of non-ortho nitro benzene ring substituents is 1. The molecular weight excluding hydrogens is 410 g/mol. The standard InChI is InChI=1S/C17H16ClN3O6S/c18-15-5-4-13(21(23)24)11-16(15)19-17(22)12-2-1-3-14(10-12)28(25,26)20-6-8-27-9-7-20/h1-5,10-11H,6-9H2,(H,19,22). The summed E-state index contributed by atoms with van der Waals surface area (Å²) < 4.78 is 31.9. The van der Waals surface area contributed by atoms with Gasteiger partial charge in [-0.15, -0.1) is 0 Å². The van der Waals surface area contributed by atoms with Crippen molar-refractivity contribution in [3.8, 4) is 0 Å². The number of halogens is 1. The molecule has 0 aromatic heterocycles. The Morgan fingerprint density at radius 3 is 2.57 bits per heavy atom. The summed E-state index contributed by atoms with van der Waals surface area (Å²) in [7, 11) is -3.76. The molecule has 0 bridgehead atoms. The fraction of sp³-hybridized carbons (Fsp3) is 0.235. The maximum Gasteiger partial charge on any atom is 0.271 e. The van der Waals surface area contributed by atoms with Gasteiger partial charge < -0.3 is 10.1 Å². The number of nitrogens with zero attached hydrogens (tertiary/aromatic N) is 2. The highest BCUT2D eigenvalue weighted by molar-refractivity contribution is 7.89. The number of nitro benzene ring substituents is 1. The molecule has 0 spiro atoms. The van der Waals surface area contributed by atoms with Crippen molar-refractivity contribution in [1.29, 1.82) is 0 Å². The second-order valence-corrected chi connectivity index (χ2v) is 8.26. The lowest BCUT2D eigenvalue weighted by Gasteiger charge is -2.26. The van der Waals surface area contributed by atoms with Crippen LogP contribution in [0.25, 0.3) is 0 Å². The molecule has 1 saturated heterocycles. The molecule has 2 aromatic carbocycles. The van der Waals surface area contributed by atoms with Gasteiger partial charge in [0.1, 0.15) is 0 Å². The van der Waals surface area contributed by atoms with Crippen molar-refractivity contribution >= 4 is 38.9 Å². The van der Waals surface area contributed by atoms with E-state index in [9.17, 15) is 23.3 Å². The van der Waals surface area contributed by atoms with Gasteiger partial charge in [0, 0.05) is 30.8 Å². The quantitative estimate of drug-likeness (QED) is 0.580.